The van der Waals surface area contributed by atoms with E-state index in [0.29, 0.717) is 13.2 Å². The molecule has 0 rings (SSSR count). The third kappa shape index (κ3) is 6.61. The standard InChI is InChI=1S/C11H20N2O6/c1-7(2)13(4-5-19-3)11(18)12-8(10(16)17)6-9(14)15/h7-8H,4-6H2,1-3H3,(H,12,18)(H,14,15)(H,16,17). The van der Waals surface area contributed by atoms with Gasteiger partial charge in [-0.1, -0.05) is 0 Å². The van der Waals surface area contributed by atoms with E-state index in [1.54, 1.807) is 13.8 Å². The minimum absolute atomic E-state index is 0.158. The molecule has 0 aliphatic heterocycles. The van der Waals surface area contributed by atoms with Gasteiger partial charge in [0.25, 0.3) is 0 Å². The third-order valence-electron chi connectivity index (χ3n) is 2.40. The molecule has 0 aromatic heterocycles. The molecular formula is C11H20N2O6. The molecule has 0 aromatic carbocycles. The number of hydrogen-bond acceptors (Lipinski definition) is 4. The molecule has 0 saturated carbocycles. The van der Waals surface area contributed by atoms with Crippen LogP contribution in [0.5, 0.6) is 0 Å². The van der Waals surface area contributed by atoms with Gasteiger partial charge in [0.2, 0.25) is 0 Å². The number of carbonyl (C=O) groups excluding carboxylic acids is 1. The van der Waals surface area contributed by atoms with Crippen molar-refractivity contribution in [3.05, 3.63) is 0 Å². The summed E-state index contributed by atoms with van der Waals surface area (Å²) >= 11 is 0. The van der Waals surface area contributed by atoms with Crippen LogP contribution in [0.3, 0.4) is 0 Å². The van der Waals surface area contributed by atoms with Crippen LogP contribution in [0.15, 0.2) is 0 Å². The van der Waals surface area contributed by atoms with Gasteiger partial charge in [-0.15, -0.1) is 0 Å². The smallest absolute Gasteiger partial charge is 0.326 e. The average molecular weight is 276 g/mol. The lowest BCUT2D eigenvalue weighted by molar-refractivity contribution is -0.145. The zero-order valence-electron chi connectivity index (χ0n) is 11.3. The summed E-state index contributed by atoms with van der Waals surface area (Å²) < 4.78 is 4.86. The Hall–Kier alpha value is -1.83. The normalized spacial score (nSPS) is 12.0. The second-order valence-electron chi connectivity index (χ2n) is 4.22. The van der Waals surface area contributed by atoms with Crippen molar-refractivity contribution in [1.29, 1.82) is 0 Å². The maximum absolute atomic E-state index is 11.9. The molecule has 1 unspecified atom stereocenters. The predicted octanol–water partition coefficient (Wildman–Crippen LogP) is -0.0193. The lowest BCUT2D eigenvalue weighted by Crippen LogP contribution is -2.51. The van der Waals surface area contributed by atoms with Crippen molar-refractivity contribution in [3.8, 4) is 0 Å². The highest BCUT2D eigenvalue weighted by molar-refractivity contribution is 5.86. The first-order valence-corrected chi connectivity index (χ1v) is 5.80. The quantitative estimate of drug-likeness (QED) is 0.573. The highest BCUT2D eigenvalue weighted by Crippen LogP contribution is 2.01. The van der Waals surface area contributed by atoms with E-state index in [-0.39, 0.29) is 6.04 Å². The molecule has 110 valence electrons. The van der Waals surface area contributed by atoms with E-state index in [2.05, 4.69) is 5.32 Å². The molecule has 19 heavy (non-hydrogen) atoms. The molecule has 0 radical (unpaired) electrons. The monoisotopic (exact) mass is 276 g/mol. The van der Waals surface area contributed by atoms with Crippen molar-refractivity contribution >= 4 is 18.0 Å². The molecule has 0 aliphatic rings. The van der Waals surface area contributed by atoms with Crippen molar-refractivity contribution in [1.82, 2.24) is 10.2 Å². The topological polar surface area (TPSA) is 116 Å². The first kappa shape index (κ1) is 17.2. The van der Waals surface area contributed by atoms with E-state index in [1.807, 2.05) is 0 Å². The highest BCUT2D eigenvalue weighted by Gasteiger charge is 2.26. The number of urea groups is 1. The molecule has 0 bridgehead atoms. The largest absolute Gasteiger partial charge is 0.481 e. The van der Waals surface area contributed by atoms with Crippen molar-refractivity contribution in [2.75, 3.05) is 20.3 Å². The summed E-state index contributed by atoms with van der Waals surface area (Å²) in [6.45, 7) is 4.13. The molecular weight excluding hydrogens is 256 g/mol. The molecule has 0 saturated heterocycles. The van der Waals surface area contributed by atoms with Crippen LogP contribution in [0, 0.1) is 0 Å². The van der Waals surface area contributed by atoms with E-state index in [4.69, 9.17) is 14.9 Å². The SMILES string of the molecule is COCCN(C(=O)NC(CC(=O)O)C(=O)O)C(C)C. The van der Waals surface area contributed by atoms with E-state index < -0.39 is 30.4 Å². The average Bonchev–Trinajstić information content (AvgIpc) is 2.27. The van der Waals surface area contributed by atoms with Crippen LogP contribution in [0.4, 0.5) is 4.79 Å². The Morgan fingerprint density at radius 1 is 1.26 bits per heavy atom. The summed E-state index contributed by atoms with van der Waals surface area (Å²) in [7, 11) is 1.49. The minimum atomic E-state index is -1.45. The third-order valence-corrected chi connectivity index (χ3v) is 2.40. The number of carboxylic acid groups (broad SMARTS) is 2. The summed E-state index contributed by atoms with van der Waals surface area (Å²) in [5, 5.41) is 19.6. The number of ether oxygens (including phenoxy) is 1. The summed E-state index contributed by atoms with van der Waals surface area (Å²) in [5.41, 5.74) is 0. The Kier molecular flexibility index (Phi) is 7.50. The van der Waals surface area contributed by atoms with E-state index in [1.165, 1.54) is 12.0 Å². The van der Waals surface area contributed by atoms with Gasteiger partial charge in [0.1, 0.15) is 6.04 Å². The minimum Gasteiger partial charge on any atom is -0.481 e. The lowest BCUT2D eigenvalue weighted by Gasteiger charge is -2.28. The lowest BCUT2D eigenvalue weighted by atomic mass is 10.2. The number of nitrogens with one attached hydrogen (secondary N) is 1. The number of carboxylic acids is 2. The Balaban J connectivity index is 4.65. The summed E-state index contributed by atoms with van der Waals surface area (Å²) in [4.78, 5) is 34.6. The van der Waals surface area contributed by atoms with Crippen LogP contribution in [-0.2, 0) is 14.3 Å². The van der Waals surface area contributed by atoms with Gasteiger partial charge in [0, 0.05) is 19.7 Å². The zero-order valence-corrected chi connectivity index (χ0v) is 11.3. The Labute approximate surface area is 111 Å². The van der Waals surface area contributed by atoms with Crippen LogP contribution in [0.25, 0.3) is 0 Å². The molecule has 1 atom stereocenters. The Morgan fingerprint density at radius 2 is 1.84 bits per heavy atom. The van der Waals surface area contributed by atoms with E-state index in [9.17, 15) is 14.4 Å². The second-order valence-corrected chi connectivity index (χ2v) is 4.22. The summed E-state index contributed by atoms with van der Waals surface area (Å²) in [6.07, 6.45) is -0.669. The highest BCUT2D eigenvalue weighted by atomic mass is 16.5. The van der Waals surface area contributed by atoms with Gasteiger partial charge in [-0.3, -0.25) is 4.79 Å². The number of rotatable bonds is 8. The molecule has 8 heteroatoms. The van der Waals surface area contributed by atoms with Gasteiger partial charge >= 0.3 is 18.0 Å². The van der Waals surface area contributed by atoms with E-state index in [0.717, 1.165) is 0 Å². The summed E-state index contributed by atoms with van der Waals surface area (Å²) in [5.74, 6) is -2.67. The van der Waals surface area contributed by atoms with Gasteiger partial charge in [0.15, 0.2) is 0 Å². The Bertz CT molecular complexity index is 331. The number of amides is 2. The number of methoxy groups -OCH3 is 1. The van der Waals surface area contributed by atoms with Crippen LogP contribution in [-0.4, -0.2) is 65.4 Å². The fourth-order valence-electron chi connectivity index (χ4n) is 1.39. The van der Waals surface area contributed by atoms with Gasteiger partial charge in [-0.05, 0) is 13.8 Å². The fraction of sp³-hybridized carbons (Fsp3) is 0.727. The van der Waals surface area contributed by atoms with Crippen molar-refractivity contribution in [2.24, 2.45) is 0 Å². The number of hydrogen-bond donors (Lipinski definition) is 3. The fourth-order valence-corrected chi connectivity index (χ4v) is 1.39. The van der Waals surface area contributed by atoms with Gasteiger partial charge < -0.3 is 25.2 Å². The maximum atomic E-state index is 11.9. The maximum Gasteiger partial charge on any atom is 0.326 e. The Morgan fingerprint density at radius 3 is 2.21 bits per heavy atom. The number of carbonyl (C=O) groups is 3. The first-order valence-electron chi connectivity index (χ1n) is 5.80. The van der Waals surface area contributed by atoms with Crippen LogP contribution < -0.4 is 5.32 Å². The second kappa shape index (κ2) is 8.30. The van der Waals surface area contributed by atoms with Gasteiger partial charge in [-0.2, -0.15) is 0 Å². The molecule has 0 spiro atoms. The van der Waals surface area contributed by atoms with Crippen molar-refractivity contribution < 1.29 is 29.3 Å². The van der Waals surface area contributed by atoms with Crippen LogP contribution in [0.2, 0.25) is 0 Å². The molecule has 0 fully saturated rings. The van der Waals surface area contributed by atoms with Crippen molar-refractivity contribution in [2.45, 2.75) is 32.4 Å². The zero-order chi connectivity index (χ0) is 15.0. The summed E-state index contributed by atoms with van der Waals surface area (Å²) in [6, 6.07) is -2.23. The van der Waals surface area contributed by atoms with Crippen molar-refractivity contribution in [3.63, 3.8) is 0 Å². The first-order chi connectivity index (χ1) is 8.79. The molecule has 0 heterocycles. The molecule has 8 nitrogen and oxygen atoms in total. The van der Waals surface area contributed by atoms with Gasteiger partial charge in [-0.25, -0.2) is 9.59 Å². The molecule has 2 amide bonds. The van der Waals surface area contributed by atoms with Crippen LogP contribution in [0.1, 0.15) is 20.3 Å². The molecule has 0 aliphatic carbocycles. The molecule has 3 N–H and O–H groups in total. The molecule has 0 aromatic rings. The van der Waals surface area contributed by atoms with E-state index >= 15 is 0 Å². The van der Waals surface area contributed by atoms with Gasteiger partial charge in [0.05, 0.1) is 13.0 Å². The van der Waals surface area contributed by atoms with Crippen LogP contribution >= 0.6 is 0 Å². The predicted molar refractivity (Wildman–Crippen MR) is 65.9 cm³/mol. The number of nitrogens with zero attached hydrogens (tertiary/aromatic N) is 1. The number of aliphatic carboxylic acids is 2.